The summed E-state index contributed by atoms with van der Waals surface area (Å²) in [6.07, 6.45) is 11.0. The van der Waals surface area contributed by atoms with E-state index in [0.29, 0.717) is 5.82 Å². The van der Waals surface area contributed by atoms with Crippen molar-refractivity contribution in [3.8, 4) is 33.6 Å². The molecule has 0 atom stereocenters. The molecular weight excluding hydrogens is 416 g/mol. The van der Waals surface area contributed by atoms with Crippen molar-refractivity contribution in [1.82, 2.24) is 39.3 Å². The minimum atomic E-state index is 0.0952. The Kier molecular flexibility index (Phi) is 5.70. The third-order valence-corrected chi connectivity index (χ3v) is 5.93. The molecule has 1 aliphatic heterocycles. The normalized spacial score (nSPS) is 14.5. The van der Waals surface area contributed by atoms with E-state index in [-0.39, 0.29) is 12.5 Å². The molecule has 168 valence electrons. The molecule has 4 heterocycles. The molecule has 33 heavy (non-hydrogen) atoms. The topological polar surface area (TPSA) is 85.0 Å². The molecule has 0 spiro atoms. The summed E-state index contributed by atoms with van der Waals surface area (Å²) in [6.45, 7) is 3.58. The highest BCUT2D eigenvalue weighted by Gasteiger charge is 2.19. The molecule has 0 aliphatic carbocycles. The molecule has 0 bridgehead atoms. The fourth-order valence-electron chi connectivity index (χ4n) is 3.93. The van der Waals surface area contributed by atoms with Gasteiger partial charge in [0.2, 0.25) is 5.91 Å². The zero-order valence-corrected chi connectivity index (χ0v) is 18.8. The number of carbonyl (C=O) groups excluding carboxylic acids is 1. The number of piperazine rings is 1. The van der Waals surface area contributed by atoms with Crippen molar-refractivity contribution in [2.75, 3.05) is 33.2 Å². The smallest absolute Gasteiger partial charge is 0.244 e. The largest absolute Gasteiger partial charge is 0.339 e. The van der Waals surface area contributed by atoms with E-state index in [4.69, 9.17) is 0 Å². The van der Waals surface area contributed by atoms with E-state index in [2.05, 4.69) is 38.2 Å². The third-order valence-electron chi connectivity index (χ3n) is 5.93. The molecule has 0 N–H and O–H groups in total. The summed E-state index contributed by atoms with van der Waals surface area (Å²) < 4.78 is 3.47. The SMILES string of the molecule is CN1CCN(C(=O)Cn2cc(-c3cnc(-c4cccc(-c5cnn(C)c5)c4)nc3)cn2)CC1. The Hall–Kier alpha value is -3.85. The van der Waals surface area contributed by atoms with Crippen LogP contribution in [0.4, 0.5) is 0 Å². The summed E-state index contributed by atoms with van der Waals surface area (Å²) in [5.74, 6) is 0.750. The Labute approximate surface area is 192 Å². The third kappa shape index (κ3) is 4.68. The standard InChI is InChI=1S/C24H26N8O/c1-29-6-8-31(9-7-29)23(33)17-32-16-22(14-28-32)20-11-25-24(26-12-20)19-5-3-4-18(10-19)21-13-27-30(2)15-21/h3-5,10-16H,6-9,17H2,1-2H3. The van der Waals surface area contributed by atoms with Gasteiger partial charge in [-0.05, 0) is 18.7 Å². The fourth-order valence-corrected chi connectivity index (χ4v) is 3.93. The molecule has 5 rings (SSSR count). The predicted molar refractivity (Wildman–Crippen MR) is 125 cm³/mol. The van der Waals surface area contributed by atoms with Gasteiger partial charge in [-0.1, -0.05) is 18.2 Å². The van der Waals surface area contributed by atoms with E-state index in [1.54, 1.807) is 28.0 Å². The number of amides is 1. The maximum atomic E-state index is 12.6. The molecule has 0 radical (unpaired) electrons. The van der Waals surface area contributed by atoms with Crippen LogP contribution in [0.15, 0.2) is 61.4 Å². The van der Waals surface area contributed by atoms with Crippen molar-refractivity contribution in [1.29, 1.82) is 0 Å². The lowest BCUT2D eigenvalue weighted by Gasteiger charge is -2.32. The summed E-state index contributed by atoms with van der Waals surface area (Å²) >= 11 is 0. The number of nitrogens with zero attached hydrogens (tertiary/aromatic N) is 8. The van der Waals surface area contributed by atoms with E-state index in [9.17, 15) is 4.79 Å². The summed E-state index contributed by atoms with van der Waals surface area (Å²) in [7, 11) is 3.98. The molecule has 1 saturated heterocycles. The molecule has 1 aliphatic rings. The molecule has 1 fully saturated rings. The first-order chi connectivity index (χ1) is 16.0. The lowest BCUT2D eigenvalue weighted by atomic mass is 10.1. The van der Waals surface area contributed by atoms with Gasteiger partial charge in [-0.15, -0.1) is 0 Å². The summed E-state index contributed by atoms with van der Waals surface area (Å²) in [4.78, 5) is 25.8. The Bertz CT molecular complexity index is 1250. The highest BCUT2D eigenvalue weighted by Crippen LogP contribution is 2.25. The van der Waals surface area contributed by atoms with Gasteiger partial charge in [0.15, 0.2) is 5.82 Å². The van der Waals surface area contributed by atoms with Gasteiger partial charge in [0.1, 0.15) is 6.54 Å². The van der Waals surface area contributed by atoms with Crippen molar-refractivity contribution in [3.05, 3.63) is 61.4 Å². The Morgan fingerprint density at radius 3 is 2.24 bits per heavy atom. The van der Waals surface area contributed by atoms with Gasteiger partial charge in [-0.25, -0.2) is 9.97 Å². The van der Waals surface area contributed by atoms with Crippen molar-refractivity contribution >= 4 is 5.91 Å². The minimum absolute atomic E-state index is 0.0952. The van der Waals surface area contributed by atoms with Gasteiger partial charge >= 0.3 is 0 Å². The van der Waals surface area contributed by atoms with Gasteiger partial charge < -0.3 is 9.80 Å². The summed E-state index contributed by atoms with van der Waals surface area (Å²) in [6, 6.07) is 8.11. The molecular formula is C24H26N8O. The van der Waals surface area contributed by atoms with Crippen LogP contribution < -0.4 is 0 Å². The number of likely N-dealkylation sites (N-methyl/N-ethyl adjacent to an activating group) is 1. The van der Waals surface area contributed by atoms with Crippen LogP contribution in [0.25, 0.3) is 33.6 Å². The Morgan fingerprint density at radius 1 is 0.818 bits per heavy atom. The van der Waals surface area contributed by atoms with Crippen molar-refractivity contribution in [2.45, 2.75) is 6.54 Å². The summed E-state index contributed by atoms with van der Waals surface area (Å²) in [5.41, 5.74) is 4.81. The first kappa shape index (κ1) is 21.0. The second-order valence-electron chi connectivity index (χ2n) is 8.39. The molecule has 0 unspecified atom stereocenters. The van der Waals surface area contributed by atoms with Crippen LogP contribution in [0.5, 0.6) is 0 Å². The van der Waals surface area contributed by atoms with Gasteiger partial charge in [0.05, 0.1) is 12.4 Å². The quantitative estimate of drug-likeness (QED) is 0.471. The lowest BCUT2D eigenvalue weighted by Crippen LogP contribution is -2.48. The second kappa shape index (κ2) is 8.95. The minimum Gasteiger partial charge on any atom is -0.339 e. The molecule has 3 aromatic heterocycles. The number of rotatable bonds is 5. The lowest BCUT2D eigenvalue weighted by molar-refractivity contribution is -0.133. The molecule has 9 heteroatoms. The maximum Gasteiger partial charge on any atom is 0.244 e. The molecule has 0 saturated carbocycles. The van der Waals surface area contributed by atoms with Crippen LogP contribution in [-0.4, -0.2) is 78.5 Å². The molecule has 1 amide bonds. The van der Waals surface area contributed by atoms with E-state index in [1.807, 2.05) is 48.7 Å². The number of aryl methyl sites for hydroxylation is 1. The van der Waals surface area contributed by atoms with Crippen molar-refractivity contribution in [3.63, 3.8) is 0 Å². The van der Waals surface area contributed by atoms with Crippen LogP contribution in [0.2, 0.25) is 0 Å². The average Bonchev–Trinajstić information content (AvgIpc) is 3.49. The molecule has 1 aromatic carbocycles. The molecule has 4 aromatic rings. The van der Waals surface area contributed by atoms with E-state index in [1.165, 1.54) is 0 Å². The van der Waals surface area contributed by atoms with Crippen LogP contribution >= 0.6 is 0 Å². The highest BCUT2D eigenvalue weighted by molar-refractivity contribution is 5.76. The van der Waals surface area contributed by atoms with E-state index < -0.39 is 0 Å². The Morgan fingerprint density at radius 2 is 1.52 bits per heavy atom. The van der Waals surface area contributed by atoms with E-state index in [0.717, 1.165) is 54.0 Å². The van der Waals surface area contributed by atoms with E-state index >= 15 is 0 Å². The summed E-state index contributed by atoms with van der Waals surface area (Å²) in [5, 5.41) is 8.61. The van der Waals surface area contributed by atoms with Crippen LogP contribution in [0.3, 0.4) is 0 Å². The number of hydrogen-bond donors (Lipinski definition) is 0. The first-order valence-electron chi connectivity index (χ1n) is 11.0. The number of benzene rings is 1. The maximum absolute atomic E-state index is 12.6. The first-order valence-corrected chi connectivity index (χ1v) is 11.0. The average molecular weight is 443 g/mol. The van der Waals surface area contributed by atoms with Gasteiger partial charge in [-0.2, -0.15) is 10.2 Å². The van der Waals surface area contributed by atoms with Gasteiger partial charge in [-0.3, -0.25) is 14.2 Å². The Balaban J connectivity index is 1.28. The monoisotopic (exact) mass is 442 g/mol. The van der Waals surface area contributed by atoms with Gasteiger partial charge in [0.25, 0.3) is 0 Å². The predicted octanol–water partition coefficient (Wildman–Crippen LogP) is 2.18. The van der Waals surface area contributed by atoms with Crippen molar-refractivity contribution in [2.24, 2.45) is 7.05 Å². The van der Waals surface area contributed by atoms with Crippen LogP contribution in [0.1, 0.15) is 0 Å². The number of carbonyl (C=O) groups is 1. The number of aromatic nitrogens is 6. The highest BCUT2D eigenvalue weighted by atomic mass is 16.2. The van der Waals surface area contributed by atoms with Crippen LogP contribution in [-0.2, 0) is 18.4 Å². The zero-order valence-electron chi connectivity index (χ0n) is 18.8. The second-order valence-corrected chi connectivity index (χ2v) is 8.39. The fraction of sp³-hybridized carbons (Fsp3) is 0.292. The van der Waals surface area contributed by atoms with Crippen LogP contribution in [0, 0.1) is 0 Å². The number of hydrogen-bond acceptors (Lipinski definition) is 6. The molecule has 9 nitrogen and oxygen atoms in total. The van der Waals surface area contributed by atoms with Crippen molar-refractivity contribution < 1.29 is 4.79 Å². The zero-order chi connectivity index (χ0) is 22.8. The van der Waals surface area contributed by atoms with Gasteiger partial charge in [0, 0.05) is 80.3 Å².